The van der Waals surface area contributed by atoms with Gasteiger partial charge in [-0.05, 0) is 19.1 Å². The first-order valence-electron chi connectivity index (χ1n) is 3.51. The van der Waals surface area contributed by atoms with Crippen LogP contribution in [0.15, 0.2) is 30.6 Å². The number of aromatic nitrogens is 1. The fraction of sp³-hybridized carbons (Fsp3) is 0.222. The van der Waals surface area contributed by atoms with Crippen LogP contribution in [0.4, 0.5) is 0 Å². The van der Waals surface area contributed by atoms with Gasteiger partial charge in [-0.25, -0.2) is 0 Å². The van der Waals surface area contributed by atoms with E-state index in [1.807, 2.05) is 42.1 Å². The second kappa shape index (κ2) is 3.62. The summed E-state index contributed by atoms with van der Waals surface area (Å²) in [5.74, 6) is 0. The molecule has 2 heteroatoms. The van der Waals surface area contributed by atoms with Crippen LogP contribution in [0.5, 0.6) is 0 Å². The van der Waals surface area contributed by atoms with Crippen LogP contribution in [0, 0.1) is 11.3 Å². The van der Waals surface area contributed by atoms with E-state index >= 15 is 0 Å². The molecule has 11 heavy (non-hydrogen) atoms. The lowest BCUT2D eigenvalue weighted by molar-refractivity contribution is 1.09. The zero-order valence-corrected chi connectivity index (χ0v) is 6.49. The molecular weight excluding hydrogens is 136 g/mol. The third-order valence-electron chi connectivity index (χ3n) is 1.50. The van der Waals surface area contributed by atoms with E-state index in [1.54, 1.807) is 0 Å². The minimum Gasteiger partial charge on any atom is -0.328 e. The zero-order valence-electron chi connectivity index (χ0n) is 6.49. The summed E-state index contributed by atoms with van der Waals surface area (Å²) < 4.78 is 1.98. The summed E-state index contributed by atoms with van der Waals surface area (Å²) in [4.78, 5) is 0. The van der Waals surface area contributed by atoms with Crippen LogP contribution in [-0.4, -0.2) is 4.57 Å². The molecule has 0 aliphatic rings. The Morgan fingerprint density at radius 1 is 1.55 bits per heavy atom. The van der Waals surface area contributed by atoms with Crippen molar-refractivity contribution < 1.29 is 0 Å². The van der Waals surface area contributed by atoms with Gasteiger partial charge in [0.2, 0.25) is 0 Å². The highest BCUT2D eigenvalue weighted by molar-refractivity contribution is 5.42. The van der Waals surface area contributed by atoms with Gasteiger partial charge in [0.15, 0.2) is 0 Å². The van der Waals surface area contributed by atoms with E-state index in [2.05, 4.69) is 6.07 Å². The molecule has 0 unspecified atom stereocenters. The maximum atomic E-state index is 8.31. The average molecular weight is 146 g/mol. The van der Waals surface area contributed by atoms with E-state index in [4.69, 9.17) is 5.26 Å². The minimum atomic E-state index is 0.476. The molecule has 1 aromatic heterocycles. The highest BCUT2D eigenvalue weighted by atomic mass is 14.9. The van der Waals surface area contributed by atoms with Gasteiger partial charge in [0.05, 0.1) is 12.5 Å². The number of hydrogen-bond donors (Lipinski definition) is 0. The monoisotopic (exact) mass is 146 g/mol. The molecule has 0 aliphatic heterocycles. The Bertz CT molecular complexity index is 275. The van der Waals surface area contributed by atoms with Crippen molar-refractivity contribution in [3.05, 3.63) is 30.6 Å². The van der Waals surface area contributed by atoms with Crippen LogP contribution in [0.25, 0.3) is 5.70 Å². The summed E-state index contributed by atoms with van der Waals surface area (Å²) in [7, 11) is 0. The predicted octanol–water partition coefficient (Wildman–Crippen LogP) is 2.26. The molecule has 1 aromatic rings. The molecule has 0 atom stereocenters. The minimum absolute atomic E-state index is 0.476. The third-order valence-corrected chi connectivity index (χ3v) is 1.50. The van der Waals surface area contributed by atoms with Gasteiger partial charge in [0, 0.05) is 18.1 Å². The molecule has 56 valence electrons. The molecule has 0 bridgehead atoms. The van der Waals surface area contributed by atoms with Gasteiger partial charge in [0.1, 0.15) is 0 Å². The highest BCUT2D eigenvalue weighted by Crippen LogP contribution is 2.03. The highest BCUT2D eigenvalue weighted by Gasteiger charge is 1.88. The fourth-order valence-electron chi connectivity index (χ4n) is 0.868. The first-order valence-corrected chi connectivity index (χ1v) is 3.51. The van der Waals surface area contributed by atoms with E-state index in [-0.39, 0.29) is 0 Å². The van der Waals surface area contributed by atoms with E-state index in [9.17, 15) is 0 Å². The van der Waals surface area contributed by atoms with Crippen LogP contribution in [0.2, 0.25) is 0 Å². The number of nitriles is 1. The molecule has 0 fully saturated rings. The molecule has 0 saturated carbocycles. The summed E-state index contributed by atoms with van der Waals surface area (Å²) in [6.07, 6.45) is 6.30. The molecule has 2 nitrogen and oxygen atoms in total. The number of rotatable bonds is 2. The van der Waals surface area contributed by atoms with Gasteiger partial charge in [-0.15, -0.1) is 0 Å². The van der Waals surface area contributed by atoms with Crippen LogP contribution in [0.1, 0.15) is 13.3 Å². The predicted molar refractivity (Wildman–Crippen MR) is 44.6 cm³/mol. The fourth-order valence-corrected chi connectivity index (χ4v) is 0.868. The van der Waals surface area contributed by atoms with Crippen molar-refractivity contribution in [2.24, 2.45) is 0 Å². The van der Waals surface area contributed by atoms with Gasteiger partial charge in [-0.2, -0.15) is 5.26 Å². The first kappa shape index (κ1) is 7.62. The molecule has 1 heterocycles. The summed E-state index contributed by atoms with van der Waals surface area (Å²) in [5.41, 5.74) is 1.09. The maximum Gasteiger partial charge on any atom is 0.0664 e. The van der Waals surface area contributed by atoms with Crippen molar-refractivity contribution in [2.75, 3.05) is 0 Å². The van der Waals surface area contributed by atoms with Crippen LogP contribution in [0.3, 0.4) is 0 Å². The Morgan fingerprint density at radius 3 is 2.73 bits per heavy atom. The standard InChI is InChI=1S/C9H10N2/c1-9(5-4-6-10)11-7-2-3-8-11/h2-3,5,7-8H,4H2,1H3. The van der Waals surface area contributed by atoms with Crippen LogP contribution in [-0.2, 0) is 0 Å². The molecule has 0 radical (unpaired) electrons. The van der Waals surface area contributed by atoms with Crippen molar-refractivity contribution in [3.8, 4) is 6.07 Å². The Hall–Kier alpha value is -1.49. The Labute approximate surface area is 66.4 Å². The van der Waals surface area contributed by atoms with Gasteiger partial charge < -0.3 is 4.57 Å². The Morgan fingerprint density at radius 2 is 2.18 bits per heavy atom. The summed E-state index contributed by atoms with van der Waals surface area (Å²) in [6.45, 7) is 1.98. The topological polar surface area (TPSA) is 28.7 Å². The van der Waals surface area contributed by atoms with Crippen LogP contribution >= 0.6 is 0 Å². The van der Waals surface area contributed by atoms with Crippen molar-refractivity contribution in [1.29, 1.82) is 5.26 Å². The third kappa shape index (κ3) is 1.98. The van der Waals surface area contributed by atoms with E-state index in [0.717, 1.165) is 5.70 Å². The number of nitrogens with zero attached hydrogens (tertiary/aromatic N) is 2. The molecule has 0 aromatic carbocycles. The van der Waals surface area contributed by atoms with E-state index in [0.29, 0.717) is 6.42 Å². The quantitative estimate of drug-likeness (QED) is 0.629. The Balaban J connectivity index is 2.71. The normalized spacial score (nSPS) is 11.1. The number of hydrogen-bond acceptors (Lipinski definition) is 1. The van der Waals surface area contributed by atoms with Gasteiger partial charge in [0.25, 0.3) is 0 Å². The van der Waals surface area contributed by atoms with Crippen molar-refractivity contribution >= 4 is 5.70 Å². The smallest absolute Gasteiger partial charge is 0.0664 e. The molecule has 0 saturated heterocycles. The summed E-state index contributed by atoms with van der Waals surface area (Å²) in [5, 5.41) is 8.31. The molecule has 0 aliphatic carbocycles. The van der Waals surface area contributed by atoms with Crippen molar-refractivity contribution in [1.82, 2.24) is 4.57 Å². The first-order chi connectivity index (χ1) is 5.34. The second-order valence-electron chi connectivity index (χ2n) is 2.30. The molecule has 0 spiro atoms. The largest absolute Gasteiger partial charge is 0.328 e. The van der Waals surface area contributed by atoms with E-state index < -0.39 is 0 Å². The lowest BCUT2D eigenvalue weighted by atomic mass is 10.3. The zero-order chi connectivity index (χ0) is 8.10. The molecular formula is C9H10N2. The van der Waals surface area contributed by atoms with E-state index in [1.165, 1.54) is 0 Å². The molecule has 0 N–H and O–H groups in total. The average Bonchev–Trinajstić information content (AvgIpc) is 2.52. The SMILES string of the molecule is CC(=CCC#N)n1cccc1. The van der Waals surface area contributed by atoms with Gasteiger partial charge in [-0.3, -0.25) is 0 Å². The Kier molecular flexibility index (Phi) is 2.51. The maximum absolute atomic E-state index is 8.31. The second-order valence-corrected chi connectivity index (χ2v) is 2.30. The van der Waals surface area contributed by atoms with Gasteiger partial charge >= 0.3 is 0 Å². The summed E-state index contributed by atoms with van der Waals surface area (Å²) in [6, 6.07) is 5.99. The molecule has 1 rings (SSSR count). The lowest BCUT2D eigenvalue weighted by Gasteiger charge is -1.99. The van der Waals surface area contributed by atoms with Crippen molar-refractivity contribution in [2.45, 2.75) is 13.3 Å². The molecule has 0 amide bonds. The van der Waals surface area contributed by atoms with Gasteiger partial charge in [-0.1, -0.05) is 6.08 Å². The lowest BCUT2D eigenvalue weighted by Crippen LogP contribution is -1.87. The van der Waals surface area contributed by atoms with Crippen molar-refractivity contribution in [3.63, 3.8) is 0 Å². The number of allylic oxidation sites excluding steroid dienone is 2. The summed E-state index contributed by atoms with van der Waals surface area (Å²) >= 11 is 0. The van der Waals surface area contributed by atoms with Crippen LogP contribution < -0.4 is 0 Å².